The Morgan fingerprint density at radius 2 is 1.76 bits per heavy atom. The Balaban J connectivity index is 2.41. The van der Waals surface area contributed by atoms with Crippen molar-refractivity contribution in [3.8, 4) is 11.3 Å². The largest absolute Gasteiger partial charge is 0.356 e. The summed E-state index contributed by atoms with van der Waals surface area (Å²) in [4.78, 5) is 0. The number of benzene rings is 1. The standard InChI is InChI=1S/C14H18N2O/c1-9-6-11(3)13(7-10(9)2)14-8-12(4-5-15)16-17-14/h6-8H,4-5,15H2,1-3H3. The third kappa shape index (κ3) is 2.39. The average Bonchev–Trinajstić information content (AvgIpc) is 2.72. The number of nitrogens with zero attached hydrogens (tertiary/aromatic N) is 1. The zero-order valence-corrected chi connectivity index (χ0v) is 10.6. The summed E-state index contributed by atoms with van der Waals surface area (Å²) >= 11 is 0. The summed E-state index contributed by atoms with van der Waals surface area (Å²) in [5, 5.41) is 4.02. The Hall–Kier alpha value is -1.61. The molecule has 1 aromatic heterocycles. The van der Waals surface area contributed by atoms with Gasteiger partial charge in [0, 0.05) is 18.1 Å². The number of aromatic nitrogens is 1. The SMILES string of the molecule is Cc1cc(C)c(-c2cc(CCN)no2)cc1C. The van der Waals surface area contributed by atoms with Gasteiger partial charge in [0.15, 0.2) is 5.76 Å². The second-order valence-electron chi connectivity index (χ2n) is 4.47. The van der Waals surface area contributed by atoms with E-state index in [2.05, 4.69) is 38.1 Å². The van der Waals surface area contributed by atoms with Crippen molar-refractivity contribution in [2.24, 2.45) is 5.73 Å². The van der Waals surface area contributed by atoms with Crippen LogP contribution in [0.1, 0.15) is 22.4 Å². The lowest BCUT2D eigenvalue weighted by molar-refractivity contribution is 0.423. The molecule has 0 aliphatic heterocycles. The van der Waals surface area contributed by atoms with Crippen molar-refractivity contribution in [3.63, 3.8) is 0 Å². The van der Waals surface area contributed by atoms with Gasteiger partial charge in [0.1, 0.15) is 0 Å². The third-order valence-corrected chi connectivity index (χ3v) is 3.07. The highest BCUT2D eigenvalue weighted by atomic mass is 16.5. The van der Waals surface area contributed by atoms with E-state index in [1.165, 1.54) is 16.7 Å². The zero-order valence-electron chi connectivity index (χ0n) is 10.6. The first kappa shape index (κ1) is 11.9. The number of hydrogen-bond acceptors (Lipinski definition) is 3. The summed E-state index contributed by atoms with van der Waals surface area (Å²) in [6.07, 6.45) is 0.757. The molecule has 3 heteroatoms. The lowest BCUT2D eigenvalue weighted by atomic mass is 9.99. The predicted molar refractivity (Wildman–Crippen MR) is 68.9 cm³/mol. The summed E-state index contributed by atoms with van der Waals surface area (Å²) in [5.74, 6) is 0.828. The Morgan fingerprint density at radius 3 is 2.47 bits per heavy atom. The highest BCUT2D eigenvalue weighted by Gasteiger charge is 2.10. The second-order valence-corrected chi connectivity index (χ2v) is 4.47. The van der Waals surface area contributed by atoms with Crippen molar-refractivity contribution in [2.75, 3.05) is 6.54 Å². The van der Waals surface area contributed by atoms with E-state index in [9.17, 15) is 0 Å². The molecule has 1 aromatic carbocycles. The Kier molecular flexibility index (Phi) is 3.29. The first-order valence-corrected chi connectivity index (χ1v) is 5.85. The lowest BCUT2D eigenvalue weighted by Crippen LogP contribution is -2.02. The monoisotopic (exact) mass is 230 g/mol. The van der Waals surface area contributed by atoms with Crippen molar-refractivity contribution in [1.29, 1.82) is 0 Å². The van der Waals surface area contributed by atoms with Gasteiger partial charge in [0.25, 0.3) is 0 Å². The van der Waals surface area contributed by atoms with Crippen molar-refractivity contribution in [2.45, 2.75) is 27.2 Å². The first-order valence-electron chi connectivity index (χ1n) is 5.85. The molecule has 3 nitrogen and oxygen atoms in total. The van der Waals surface area contributed by atoms with Crippen LogP contribution in [0.15, 0.2) is 22.7 Å². The van der Waals surface area contributed by atoms with E-state index in [1.54, 1.807) is 0 Å². The van der Waals surface area contributed by atoms with Crippen LogP contribution >= 0.6 is 0 Å². The fourth-order valence-corrected chi connectivity index (χ4v) is 1.93. The molecule has 0 bridgehead atoms. The molecular formula is C14H18N2O. The molecule has 0 unspecified atom stereocenters. The van der Waals surface area contributed by atoms with Crippen molar-refractivity contribution in [3.05, 3.63) is 40.6 Å². The molecule has 0 radical (unpaired) electrons. The van der Waals surface area contributed by atoms with Gasteiger partial charge in [0.2, 0.25) is 0 Å². The molecule has 0 saturated carbocycles. The Bertz CT molecular complexity index is 529. The van der Waals surface area contributed by atoms with Gasteiger partial charge in [-0.25, -0.2) is 0 Å². The normalized spacial score (nSPS) is 10.8. The van der Waals surface area contributed by atoms with Crippen LogP contribution < -0.4 is 5.73 Å². The van der Waals surface area contributed by atoms with Crippen LogP contribution in [0.3, 0.4) is 0 Å². The Labute approximate surface area is 102 Å². The minimum absolute atomic E-state index is 0.595. The molecule has 0 spiro atoms. The summed E-state index contributed by atoms with van der Waals surface area (Å²) in [5.41, 5.74) is 11.3. The van der Waals surface area contributed by atoms with Crippen molar-refractivity contribution in [1.82, 2.24) is 5.16 Å². The van der Waals surface area contributed by atoms with Crippen LogP contribution in [0.2, 0.25) is 0 Å². The van der Waals surface area contributed by atoms with Gasteiger partial charge in [-0.05, 0) is 50.1 Å². The molecule has 2 rings (SSSR count). The lowest BCUT2D eigenvalue weighted by Gasteiger charge is -2.06. The summed E-state index contributed by atoms with van der Waals surface area (Å²) in [6.45, 7) is 6.91. The maximum Gasteiger partial charge on any atom is 0.167 e. The smallest absolute Gasteiger partial charge is 0.167 e. The van der Waals surface area contributed by atoms with Gasteiger partial charge >= 0.3 is 0 Å². The third-order valence-electron chi connectivity index (χ3n) is 3.07. The predicted octanol–water partition coefficient (Wildman–Crippen LogP) is 2.77. The molecule has 17 heavy (non-hydrogen) atoms. The van der Waals surface area contributed by atoms with E-state index in [0.717, 1.165) is 23.4 Å². The molecule has 0 saturated heterocycles. The highest BCUT2D eigenvalue weighted by molar-refractivity contribution is 5.64. The topological polar surface area (TPSA) is 52.0 Å². The highest BCUT2D eigenvalue weighted by Crippen LogP contribution is 2.27. The van der Waals surface area contributed by atoms with Crippen molar-refractivity contribution >= 4 is 0 Å². The maximum atomic E-state index is 5.50. The summed E-state index contributed by atoms with van der Waals surface area (Å²) < 4.78 is 5.37. The summed E-state index contributed by atoms with van der Waals surface area (Å²) in [7, 11) is 0. The molecule has 0 fully saturated rings. The van der Waals surface area contributed by atoms with E-state index in [1.807, 2.05) is 6.07 Å². The molecule has 0 aliphatic rings. The van der Waals surface area contributed by atoms with Gasteiger partial charge in [0.05, 0.1) is 5.69 Å². The van der Waals surface area contributed by atoms with Gasteiger partial charge in [-0.15, -0.1) is 0 Å². The average molecular weight is 230 g/mol. The molecule has 0 atom stereocenters. The van der Waals surface area contributed by atoms with E-state index < -0.39 is 0 Å². The van der Waals surface area contributed by atoms with E-state index >= 15 is 0 Å². The van der Waals surface area contributed by atoms with Gasteiger partial charge in [-0.3, -0.25) is 0 Å². The minimum Gasteiger partial charge on any atom is -0.356 e. The number of aryl methyl sites for hydroxylation is 3. The Morgan fingerprint density at radius 1 is 1.06 bits per heavy atom. The van der Waals surface area contributed by atoms with Gasteiger partial charge in [-0.2, -0.15) is 0 Å². The van der Waals surface area contributed by atoms with Gasteiger partial charge < -0.3 is 10.3 Å². The van der Waals surface area contributed by atoms with Gasteiger partial charge in [-0.1, -0.05) is 11.2 Å². The van der Waals surface area contributed by atoms with Crippen LogP contribution in [-0.4, -0.2) is 11.7 Å². The quantitative estimate of drug-likeness (QED) is 0.882. The summed E-state index contributed by atoms with van der Waals surface area (Å²) in [6, 6.07) is 6.30. The molecule has 1 heterocycles. The van der Waals surface area contributed by atoms with E-state index in [4.69, 9.17) is 10.3 Å². The first-order chi connectivity index (χ1) is 8.11. The molecule has 90 valence electrons. The number of nitrogens with two attached hydrogens (primary N) is 1. The zero-order chi connectivity index (χ0) is 12.4. The number of hydrogen-bond donors (Lipinski definition) is 1. The molecule has 0 aliphatic carbocycles. The maximum absolute atomic E-state index is 5.50. The van der Waals surface area contributed by atoms with Crippen LogP contribution in [0.5, 0.6) is 0 Å². The van der Waals surface area contributed by atoms with Crippen LogP contribution in [0.4, 0.5) is 0 Å². The number of rotatable bonds is 3. The second kappa shape index (κ2) is 4.72. The molecule has 0 amide bonds. The fourth-order valence-electron chi connectivity index (χ4n) is 1.93. The molecule has 2 N–H and O–H groups in total. The van der Waals surface area contributed by atoms with E-state index in [0.29, 0.717) is 6.54 Å². The molecular weight excluding hydrogens is 212 g/mol. The minimum atomic E-state index is 0.595. The van der Waals surface area contributed by atoms with Crippen molar-refractivity contribution < 1.29 is 4.52 Å². The van der Waals surface area contributed by atoms with Crippen LogP contribution in [0, 0.1) is 20.8 Å². The fraction of sp³-hybridized carbons (Fsp3) is 0.357. The van der Waals surface area contributed by atoms with Crippen LogP contribution in [-0.2, 0) is 6.42 Å². The van der Waals surface area contributed by atoms with E-state index in [-0.39, 0.29) is 0 Å². The van der Waals surface area contributed by atoms with Crippen LogP contribution in [0.25, 0.3) is 11.3 Å². The molecule has 2 aromatic rings.